The molecule has 0 radical (unpaired) electrons. The molecule has 4 saturated heterocycles. The van der Waals surface area contributed by atoms with E-state index in [0.29, 0.717) is 124 Å². The molecule has 7 fully saturated rings. The molecule has 3 saturated carbocycles. The summed E-state index contributed by atoms with van der Waals surface area (Å²) < 4.78 is 164. The van der Waals surface area contributed by atoms with Crippen molar-refractivity contribution in [2.45, 2.75) is 220 Å². The molecular formula is C80H88ClF11N16O8. The number of aromatic nitrogens is 8. The second kappa shape index (κ2) is 35.6. The first-order valence-electron chi connectivity index (χ1n) is 38.7. The molecule has 10 N–H and O–H groups in total. The molecule has 4 aromatic heterocycles. The molecule has 16 rings (SSSR count). The Morgan fingerprint density at radius 1 is 0.457 bits per heavy atom. The van der Waals surface area contributed by atoms with Crippen LogP contribution in [0, 0.1) is 58.2 Å². The monoisotopic (exact) mass is 1640 g/mol. The molecule has 9 aromatic rings. The Labute approximate surface area is 663 Å². The predicted molar refractivity (Wildman–Crippen MR) is 396 cm³/mol. The van der Waals surface area contributed by atoms with Gasteiger partial charge in [0.25, 0.3) is 11.8 Å². The Morgan fingerprint density at radius 2 is 0.828 bits per heavy atom. The molecule has 24 nitrogen and oxygen atoms in total. The molecule has 116 heavy (non-hydrogen) atoms. The van der Waals surface area contributed by atoms with E-state index >= 15 is 0 Å². The van der Waals surface area contributed by atoms with Gasteiger partial charge in [-0.3, -0.25) is 19.2 Å². The van der Waals surface area contributed by atoms with E-state index in [1.54, 1.807) is 39.0 Å². The Kier molecular flexibility index (Phi) is 25.8. The van der Waals surface area contributed by atoms with Crippen LogP contribution in [0.5, 0.6) is 0 Å². The van der Waals surface area contributed by atoms with Crippen molar-refractivity contribution in [1.29, 1.82) is 0 Å². The van der Waals surface area contributed by atoms with Gasteiger partial charge in [0, 0.05) is 105 Å². The molecule has 0 unspecified atom stereocenters. The normalized spacial score (nSPS) is 20.6. The Bertz CT molecular complexity index is 4890. The van der Waals surface area contributed by atoms with E-state index in [9.17, 15) is 72.6 Å². The van der Waals surface area contributed by atoms with E-state index in [0.717, 1.165) is 86.4 Å². The number of hydrogen-bond donors (Lipinski definition) is 6. The Hall–Kier alpha value is -9.81. The van der Waals surface area contributed by atoms with Crippen LogP contribution in [0.4, 0.5) is 48.3 Å². The second-order valence-corrected chi connectivity index (χ2v) is 31.8. The number of aromatic amines is 1. The van der Waals surface area contributed by atoms with Crippen molar-refractivity contribution < 1.29 is 86.1 Å². The lowest BCUT2D eigenvalue weighted by Crippen LogP contribution is -2.37. The van der Waals surface area contributed by atoms with Gasteiger partial charge in [0.1, 0.15) is 34.7 Å². The van der Waals surface area contributed by atoms with Crippen molar-refractivity contribution in [2.24, 2.45) is 22.9 Å². The smallest absolute Gasteiger partial charge is 0.264 e. The minimum atomic E-state index is -1.55. The number of H-pyrrole nitrogens is 1. The standard InChI is InChI=1S/C21H22ClFN4O.C21H25F3N4O2.C19H20F4N4O2.C19H21F3N4O3/c22-14-7-8-17-18(11-14)26-21(25-17)19-6-3-9-27(19)20(28)12-15(24)10-13-4-1-2-5-16(13)23;1-21(5-3-6-21)20-26-19(27-30-20)17-4-2-7-28(17)18(29)10-13(25)8-12-9-15(23)16(24)11-14(12)22;20-12-9-14(22)13(21)7-10(12)6-11(24)8-16(28)27-5-1-2-15(27)17-25-18(29-26-17)19(23)3-4-19;20-12-9-14(22)13(21)7-10(12)6-11(23)8-16(27)26-5-1-2-15(26)17-24-18(29-25-17)19(28)3-4-19/h1-2,4-5,7-8,11,15,19H,3,6,9-10,12,24H2,(H,25,26);9,11,13,17H,2-8,10,25H2,1H3;7,9,11,15H,1-6,8,24H2;7,9,11,15,28H,1-6,8,23H2/t15-,19+;13-,17+;2*11-,15+/m1111/s1. The third-order valence-corrected chi connectivity index (χ3v) is 22.6. The van der Waals surface area contributed by atoms with Crippen LogP contribution in [0.1, 0.15) is 216 Å². The number of halogens is 12. The maximum Gasteiger partial charge on any atom is 0.264 e. The lowest BCUT2D eigenvalue weighted by molar-refractivity contribution is -0.133. The van der Waals surface area contributed by atoms with Gasteiger partial charge in [-0.2, -0.15) is 15.0 Å². The van der Waals surface area contributed by atoms with Gasteiger partial charge in [-0.15, -0.1) is 0 Å². The second-order valence-electron chi connectivity index (χ2n) is 31.4. The first-order chi connectivity index (χ1) is 55.3. The van der Waals surface area contributed by atoms with Gasteiger partial charge >= 0.3 is 0 Å². The number of likely N-dealkylation sites (tertiary alicyclic amines) is 4. The maximum absolute atomic E-state index is 14.1. The summed E-state index contributed by atoms with van der Waals surface area (Å²) in [5.41, 5.74) is 23.4. The summed E-state index contributed by atoms with van der Waals surface area (Å²) >= 11 is 6.05. The number of benzene rings is 5. The summed E-state index contributed by atoms with van der Waals surface area (Å²) in [6, 6.07) is 11.9. The number of nitrogens with zero attached hydrogens (tertiary/aromatic N) is 11. The summed E-state index contributed by atoms with van der Waals surface area (Å²) in [7, 11) is 0. The quantitative estimate of drug-likeness (QED) is 0.0256. The summed E-state index contributed by atoms with van der Waals surface area (Å²) in [6.07, 6.45) is 11.0. The van der Waals surface area contributed by atoms with Crippen molar-refractivity contribution in [3.8, 4) is 0 Å². The van der Waals surface area contributed by atoms with Gasteiger partial charge in [-0.1, -0.05) is 58.6 Å². The predicted octanol–water partition coefficient (Wildman–Crippen LogP) is 12.7. The lowest BCUT2D eigenvalue weighted by atomic mass is 9.70. The van der Waals surface area contributed by atoms with Crippen LogP contribution in [-0.2, 0) is 61.5 Å². The SMILES string of the molecule is CC1(c2nc([C@@H]3CCCN3C(=O)C[C@H](N)Cc3cc(F)c(F)cc3F)no2)CCC1.N[C@@H](CC(=O)N1CCC[C@H]1c1nc2ccc(Cl)cc2[nH]1)Cc1ccccc1F.N[C@@H](CC(=O)N1CCC[C@H]1c1noc(C2(F)CC2)n1)Cc1cc(F)c(F)cc1F.N[C@@H](CC(=O)N1CCC[C@H]1c1noc(C2(O)CC2)n1)Cc1cc(F)c(F)cc1F. The van der Waals surface area contributed by atoms with Crippen molar-refractivity contribution in [1.82, 2.24) is 60.0 Å². The summed E-state index contributed by atoms with van der Waals surface area (Å²) in [5.74, 6) is -8.44. The first kappa shape index (κ1) is 84.1. The van der Waals surface area contributed by atoms with E-state index in [-0.39, 0.29) is 132 Å². The number of nitrogens with two attached hydrogens (primary N) is 4. The number of amides is 4. The molecule has 0 spiro atoms. The van der Waals surface area contributed by atoms with E-state index in [1.165, 1.54) is 6.07 Å². The van der Waals surface area contributed by atoms with Gasteiger partial charge in [0.15, 0.2) is 58.0 Å². The summed E-state index contributed by atoms with van der Waals surface area (Å²) in [4.78, 5) is 78.7. The van der Waals surface area contributed by atoms with Crippen LogP contribution in [0.15, 0.2) is 92.4 Å². The number of alkyl halides is 1. The molecule has 3 aliphatic carbocycles. The highest BCUT2D eigenvalue weighted by molar-refractivity contribution is 6.31. The Balaban J connectivity index is 0.000000135. The van der Waals surface area contributed by atoms with E-state index < -0.39 is 93.8 Å². The highest BCUT2D eigenvalue weighted by Gasteiger charge is 2.52. The topological polar surface area (TPSA) is 351 Å². The molecule has 7 aliphatic rings. The molecule has 4 aliphatic heterocycles. The number of fused-ring (bicyclic) bond motifs is 1. The van der Waals surface area contributed by atoms with Gasteiger partial charge in [-0.25, -0.2) is 53.3 Å². The molecule has 620 valence electrons. The number of nitrogens with one attached hydrogen (secondary N) is 1. The number of imidazole rings is 1. The molecular weight excluding hydrogens is 1560 g/mol. The number of aliphatic hydroxyl groups is 1. The van der Waals surface area contributed by atoms with Gasteiger partial charge < -0.3 is 66.2 Å². The van der Waals surface area contributed by atoms with E-state index in [4.69, 9.17) is 48.1 Å². The van der Waals surface area contributed by atoms with Crippen LogP contribution in [0.25, 0.3) is 11.0 Å². The molecule has 5 aromatic carbocycles. The summed E-state index contributed by atoms with van der Waals surface area (Å²) in [6.45, 7) is 4.27. The van der Waals surface area contributed by atoms with Crippen LogP contribution in [0.3, 0.4) is 0 Å². The van der Waals surface area contributed by atoms with Gasteiger partial charge in [-0.05, 0) is 180 Å². The zero-order valence-corrected chi connectivity index (χ0v) is 64.0. The molecule has 8 atom stereocenters. The van der Waals surface area contributed by atoms with Crippen molar-refractivity contribution in [2.75, 3.05) is 26.2 Å². The van der Waals surface area contributed by atoms with Crippen molar-refractivity contribution in [3.63, 3.8) is 0 Å². The Morgan fingerprint density at radius 3 is 1.23 bits per heavy atom. The average Bonchev–Trinajstić information content (AvgIpc) is 1.62. The molecule has 4 amide bonds. The minimum absolute atomic E-state index is 0.0233. The third-order valence-electron chi connectivity index (χ3n) is 22.4. The molecule has 0 bridgehead atoms. The first-order valence-corrected chi connectivity index (χ1v) is 39.1. The average molecular weight is 1650 g/mol. The number of hydrogen-bond acceptors (Lipinski definition) is 19. The fraction of sp³-hybridized carbons (Fsp3) is 0.487. The van der Waals surface area contributed by atoms with Crippen LogP contribution < -0.4 is 22.9 Å². The van der Waals surface area contributed by atoms with Crippen LogP contribution in [-0.4, -0.2) is 139 Å². The highest BCUT2D eigenvalue weighted by Crippen LogP contribution is 2.50. The molecule has 8 heterocycles. The van der Waals surface area contributed by atoms with E-state index in [1.807, 2.05) is 17.0 Å². The summed E-state index contributed by atoms with van der Waals surface area (Å²) in [5, 5.41) is 22.6. The number of carbonyl (C=O) groups is 4. The highest BCUT2D eigenvalue weighted by atomic mass is 35.5. The van der Waals surface area contributed by atoms with Crippen molar-refractivity contribution >= 4 is 46.3 Å². The fourth-order valence-corrected chi connectivity index (χ4v) is 15.6. The van der Waals surface area contributed by atoms with Gasteiger partial charge in [0.05, 0.1) is 35.2 Å². The molecule has 36 heteroatoms. The van der Waals surface area contributed by atoms with E-state index in [2.05, 4.69) is 47.3 Å². The third kappa shape index (κ3) is 19.7. The van der Waals surface area contributed by atoms with Crippen LogP contribution >= 0.6 is 11.6 Å². The zero-order chi connectivity index (χ0) is 82.7. The van der Waals surface area contributed by atoms with Crippen LogP contribution in [0.2, 0.25) is 5.02 Å². The fourth-order valence-electron chi connectivity index (χ4n) is 15.4. The minimum Gasteiger partial charge on any atom is -0.380 e. The van der Waals surface area contributed by atoms with Gasteiger partial charge in [0.2, 0.25) is 29.5 Å². The largest absolute Gasteiger partial charge is 0.380 e. The number of carbonyl (C=O) groups excluding carboxylic acids is 4. The number of rotatable bonds is 23. The lowest BCUT2D eigenvalue weighted by Gasteiger charge is -2.34. The van der Waals surface area contributed by atoms with Crippen molar-refractivity contribution in [3.05, 3.63) is 205 Å². The maximum atomic E-state index is 14.1. The zero-order valence-electron chi connectivity index (χ0n) is 63.3.